The third kappa shape index (κ3) is 5.30. The van der Waals surface area contributed by atoms with E-state index in [0.717, 1.165) is 0 Å². The summed E-state index contributed by atoms with van der Waals surface area (Å²) in [6, 6.07) is 0. The Kier molecular flexibility index (Phi) is 4.05. The molecule has 0 aromatic heterocycles. The second-order valence-corrected chi connectivity index (χ2v) is 1.55. The van der Waals surface area contributed by atoms with Crippen molar-refractivity contribution in [2.45, 2.75) is 27.1 Å². The van der Waals surface area contributed by atoms with Crippen LogP contribution in [0.15, 0.2) is 0 Å². The van der Waals surface area contributed by atoms with Crippen LogP contribution in [-0.2, 0) is 14.3 Å². The zero-order valence-corrected chi connectivity index (χ0v) is 5.88. The Morgan fingerprint density at radius 3 is 2.56 bits per heavy atom. The maximum Gasteiger partial charge on any atom is 0.304 e. The van der Waals surface area contributed by atoms with Crippen molar-refractivity contribution in [1.82, 2.24) is 0 Å². The van der Waals surface area contributed by atoms with Gasteiger partial charge < -0.3 is 9.47 Å². The van der Waals surface area contributed by atoms with Crippen molar-refractivity contribution < 1.29 is 14.3 Å². The number of hydrogen-bond donors (Lipinski definition) is 0. The third-order valence-electron chi connectivity index (χ3n) is 0.660. The van der Waals surface area contributed by atoms with Crippen LogP contribution in [0.1, 0.15) is 20.8 Å². The molecule has 0 spiro atoms. The van der Waals surface area contributed by atoms with E-state index in [1.807, 2.05) is 0 Å². The molecule has 0 heterocycles. The Bertz CT molecular complexity index is 90.3. The Balaban J connectivity index is 3.26. The average Bonchev–Trinajstić information content (AvgIpc) is 1.63. The summed E-state index contributed by atoms with van der Waals surface area (Å²) in [5.41, 5.74) is 0. The number of ether oxygens (including phenoxy) is 2. The summed E-state index contributed by atoms with van der Waals surface area (Å²) in [4.78, 5) is 10.2. The second kappa shape index (κ2) is 4.32. The van der Waals surface area contributed by atoms with E-state index in [9.17, 15) is 4.79 Å². The molecule has 1 atom stereocenters. The molecular weight excluding hydrogens is 120 g/mol. The molecule has 0 amide bonds. The van der Waals surface area contributed by atoms with E-state index >= 15 is 0 Å². The minimum Gasteiger partial charge on any atom is -0.436 e. The monoisotopic (exact) mass is 131 g/mol. The van der Waals surface area contributed by atoms with Crippen LogP contribution in [0.2, 0.25) is 0 Å². The van der Waals surface area contributed by atoms with Gasteiger partial charge in [0.15, 0.2) is 0 Å². The lowest BCUT2D eigenvalue weighted by Crippen LogP contribution is -2.13. The van der Waals surface area contributed by atoms with Gasteiger partial charge in [0.2, 0.25) is 6.29 Å². The van der Waals surface area contributed by atoms with Gasteiger partial charge in [0.1, 0.15) is 0 Å². The lowest BCUT2D eigenvalue weighted by Gasteiger charge is -2.09. The van der Waals surface area contributed by atoms with E-state index in [1.54, 1.807) is 13.8 Å². The molecular formula is C6H11O3. The summed E-state index contributed by atoms with van der Waals surface area (Å²) in [6.45, 7) is 6.20. The molecule has 53 valence electrons. The standard InChI is InChI=1S/C6H11O3/c1-4-8-6(3)9-5(2)7/h4,6H,1-3H3. The minimum atomic E-state index is -0.465. The van der Waals surface area contributed by atoms with Crippen molar-refractivity contribution in [3.8, 4) is 0 Å². The van der Waals surface area contributed by atoms with Gasteiger partial charge in [-0.2, -0.15) is 0 Å². The first-order valence-electron chi connectivity index (χ1n) is 2.77. The van der Waals surface area contributed by atoms with E-state index in [2.05, 4.69) is 4.74 Å². The van der Waals surface area contributed by atoms with Crippen LogP contribution < -0.4 is 0 Å². The summed E-state index contributed by atoms with van der Waals surface area (Å²) in [5.74, 6) is -0.329. The van der Waals surface area contributed by atoms with Crippen molar-refractivity contribution in [3.63, 3.8) is 0 Å². The Labute approximate surface area is 55.0 Å². The predicted molar refractivity (Wildman–Crippen MR) is 32.3 cm³/mol. The zero-order chi connectivity index (χ0) is 7.28. The smallest absolute Gasteiger partial charge is 0.304 e. The van der Waals surface area contributed by atoms with Gasteiger partial charge in [0, 0.05) is 6.92 Å². The van der Waals surface area contributed by atoms with Gasteiger partial charge in [-0.25, -0.2) is 0 Å². The summed E-state index contributed by atoms with van der Waals surface area (Å²) < 4.78 is 9.38. The quantitative estimate of drug-likeness (QED) is 0.425. The van der Waals surface area contributed by atoms with Crippen LogP contribution >= 0.6 is 0 Å². The van der Waals surface area contributed by atoms with Gasteiger partial charge >= 0.3 is 5.97 Å². The highest BCUT2D eigenvalue weighted by Gasteiger charge is 2.01. The first-order valence-corrected chi connectivity index (χ1v) is 2.77. The Morgan fingerprint density at radius 1 is 1.67 bits per heavy atom. The maximum absolute atomic E-state index is 10.2. The molecule has 3 nitrogen and oxygen atoms in total. The number of hydrogen-bond acceptors (Lipinski definition) is 3. The van der Waals surface area contributed by atoms with Crippen molar-refractivity contribution >= 4 is 5.97 Å². The zero-order valence-electron chi connectivity index (χ0n) is 5.88. The molecule has 0 aliphatic carbocycles. The number of esters is 1. The number of rotatable bonds is 3. The van der Waals surface area contributed by atoms with Crippen LogP contribution in [0.4, 0.5) is 0 Å². The summed E-state index contributed by atoms with van der Waals surface area (Å²) in [6.07, 6.45) is -0.465. The molecule has 9 heavy (non-hydrogen) atoms. The second-order valence-electron chi connectivity index (χ2n) is 1.55. The number of carbonyl (C=O) groups excluding carboxylic acids is 1. The largest absolute Gasteiger partial charge is 0.436 e. The van der Waals surface area contributed by atoms with E-state index in [4.69, 9.17) is 4.74 Å². The van der Waals surface area contributed by atoms with Crippen LogP contribution in [0.5, 0.6) is 0 Å². The van der Waals surface area contributed by atoms with Crippen molar-refractivity contribution in [2.24, 2.45) is 0 Å². The fraction of sp³-hybridized carbons (Fsp3) is 0.667. The summed E-state index contributed by atoms with van der Waals surface area (Å²) >= 11 is 0. The lowest BCUT2D eigenvalue weighted by atomic mass is 10.7. The fourth-order valence-electron chi connectivity index (χ4n) is 0.453. The molecule has 0 saturated heterocycles. The highest BCUT2D eigenvalue weighted by Crippen LogP contribution is 1.94. The van der Waals surface area contributed by atoms with Gasteiger partial charge in [-0.1, -0.05) is 0 Å². The molecule has 0 aromatic carbocycles. The van der Waals surface area contributed by atoms with Crippen LogP contribution in [0.3, 0.4) is 0 Å². The lowest BCUT2D eigenvalue weighted by molar-refractivity contribution is -0.165. The van der Waals surface area contributed by atoms with Crippen LogP contribution in [0.25, 0.3) is 0 Å². The van der Waals surface area contributed by atoms with Crippen molar-refractivity contribution in [3.05, 3.63) is 6.61 Å². The highest BCUT2D eigenvalue weighted by atomic mass is 16.7. The van der Waals surface area contributed by atoms with E-state index in [1.165, 1.54) is 13.5 Å². The van der Waals surface area contributed by atoms with E-state index < -0.39 is 6.29 Å². The first-order chi connectivity index (χ1) is 4.16. The van der Waals surface area contributed by atoms with Crippen molar-refractivity contribution in [1.29, 1.82) is 0 Å². The molecule has 1 unspecified atom stereocenters. The van der Waals surface area contributed by atoms with Gasteiger partial charge in [-0.15, -0.1) is 0 Å². The number of carbonyl (C=O) groups is 1. The molecule has 0 saturated carbocycles. The van der Waals surface area contributed by atoms with E-state index in [0.29, 0.717) is 0 Å². The predicted octanol–water partition coefficient (Wildman–Crippen LogP) is 1.09. The molecule has 0 bridgehead atoms. The van der Waals surface area contributed by atoms with Gasteiger partial charge in [0.25, 0.3) is 0 Å². The molecule has 0 N–H and O–H groups in total. The first kappa shape index (κ1) is 8.43. The normalized spacial score (nSPS) is 12.8. The van der Waals surface area contributed by atoms with Gasteiger partial charge in [-0.05, 0) is 13.8 Å². The van der Waals surface area contributed by atoms with Gasteiger partial charge in [-0.3, -0.25) is 4.79 Å². The third-order valence-corrected chi connectivity index (χ3v) is 0.660. The Hall–Kier alpha value is -0.570. The molecule has 0 fully saturated rings. The van der Waals surface area contributed by atoms with Crippen LogP contribution in [-0.4, -0.2) is 12.3 Å². The Morgan fingerprint density at radius 2 is 2.22 bits per heavy atom. The minimum absolute atomic E-state index is 0.329. The molecule has 0 rings (SSSR count). The molecule has 0 aliphatic rings. The maximum atomic E-state index is 10.2. The van der Waals surface area contributed by atoms with Crippen molar-refractivity contribution in [2.75, 3.05) is 0 Å². The van der Waals surface area contributed by atoms with Crippen LogP contribution in [0, 0.1) is 6.61 Å². The molecule has 3 heteroatoms. The summed E-state index contributed by atoms with van der Waals surface area (Å²) in [5, 5.41) is 0. The highest BCUT2D eigenvalue weighted by molar-refractivity contribution is 5.65. The SMILES string of the molecule is C[CH]OC(C)OC(C)=O. The molecule has 0 aromatic rings. The molecule has 0 aliphatic heterocycles. The van der Waals surface area contributed by atoms with Gasteiger partial charge in [0.05, 0.1) is 6.61 Å². The molecule has 1 radical (unpaired) electrons. The average molecular weight is 131 g/mol. The summed E-state index contributed by atoms with van der Waals surface area (Å²) in [7, 11) is 0. The fourth-order valence-corrected chi connectivity index (χ4v) is 0.453. The van der Waals surface area contributed by atoms with E-state index in [-0.39, 0.29) is 5.97 Å². The topological polar surface area (TPSA) is 35.5 Å².